The molecular formula is C8H12O2. The first-order valence-electron chi connectivity index (χ1n) is 3.76. The summed E-state index contributed by atoms with van der Waals surface area (Å²) < 4.78 is 5.32. The lowest BCUT2D eigenvalue weighted by atomic mass is 9.81. The fourth-order valence-corrected chi connectivity index (χ4v) is 1.79. The second-order valence-electron chi connectivity index (χ2n) is 3.83. The first-order chi connectivity index (χ1) is 4.58. The van der Waals surface area contributed by atoms with Gasteiger partial charge in [-0.25, -0.2) is 0 Å². The van der Waals surface area contributed by atoms with Crippen LogP contribution in [0, 0.1) is 5.41 Å². The first kappa shape index (κ1) is 6.35. The standard InChI is InChI=1S/C8H12O2/c1-7(2)6(9)3-4-8(7)5-10-8/h3-5H2,1-2H3. The molecule has 2 fully saturated rings. The molecule has 0 amide bonds. The fourth-order valence-electron chi connectivity index (χ4n) is 1.79. The number of carbonyl (C=O) groups excluding carboxylic acids is 1. The van der Waals surface area contributed by atoms with E-state index in [0.29, 0.717) is 12.2 Å². The number of Topliss-reactive ketones (excluding diaryl/α,β-unsaturated/α-hetero) is 1. The zero-order valence-corrected chi connectivity index (χ0v) is 6.44. The Morgan fingerprint density at radius 3 is 2.30 bits per heavy atom. The van der Waals surface area contributed by atoms with Gasteiger partial charge in [0.2, 0.25) is 0 Å². The molecule has 1 unspecified atom stereocenters. The molecule has 2 heteroatoms. The summed E-state index contributed by atoms with van der Waals surface area (Å²) in [5, 5.41) is 0. The van der Waals surface area contributed by atoms with Crippen LogP contribution < -0.4 is 0 Å². The molecular weight excluding hydrogens is 128 g/mol. The van der Waals surface area contributed by atoms with Crippen molar-refractivity contribution in [3.8, 4) is 0 Å². The van der Waals surface area contributed by atoms with E-state index in [0.717, 1.165) is 13.0 Å². The molecule has 0 bridgehead atoms. The molecule has 0 aromatic heterocycles. The quantitative estimate of drug-likeness (QED) is 0.472. The van der Waals surface area contributed by atoms with Crippen LogP contribution in [0.2, 0.25) is 0 Å². The maximum atomic E-state index is 11.3. The minimum absolute atomic E-state index is 0.0376. The maximum Gasteiger partial charge on any atom is 0.141 e. The van der Waals surface area contributed by atoms with Crippen molar-refractivity contribution in [1.29, 1.82) is 0 Å². The molecule has 10 heavy (non-hydrogen) atoms. The molecule has 1 saturated heterocycles. The van der Waals surface area contributed by atoms with Crippen LogP contribution in [-0.2, 0) is 9.53 Å². The third-order valence-corrected chi connectivity index (χ3v) is 3.08. The molecule has 2 aliphatic rings. The van der Waals surface area contributed by atoms with Crippen molar-refractivity contribution in [3.05, 3.63) is 0 Å². The minimum Gasteiger partial charge on any atom is -0.369 e. The number of epoxide rings is 1. The molecule has 1 aliphatic heterocycles. The lowest BCUT2D eigenvalue weighted by Crippen LogP contribution is -2.32. The van der Waals surface area contributed by atoms with Gasteiger partial charge in [0.15, 0.2) is 0 Å². The molecule has 2 nitrogen and oxygen atoms in total. The van der Waals surface area contributed by atoms with E-state index >= 15 is 0 Å². The summed E-state index contributed by atoms with van der Waals surface area (Å²) in [6.07, 6.45) is 1.66. The summed E-state index contributed by atoms with van der Waals surface area (Å²) in [4.78, 5) is 11.3. The van der Waals surface area contributed by atoms with Gasteiger partial charge in [-0.2, -0.15) is 0 Å². The largest absolute Gasteiger partial charge is 0.369 e. The summed E-state index contributed by atoms with van der Waals surface area (Å²) in [5.74, 6) is 0.366. The van der Waals surface area contributed by atoms with Gasteiger partial charge in [0, 0.05) is 6.42 Å². The third-order valence-electron chi connectivity index (χ3n) is 3.08. The van der Waals surface area contributed by atoms with Crippen LogP contribution in [0.4, 0.5) is 0 Å². The molecule has 1 atom stereocenters. The summed E-state index contributed by atoms with van der Waals surface area (Å²) in [5.41, 5.74) is -0.239. The predicted molar refractivity (Wildman–Crippen MR) is 36.7 cm³/mol. The van der Waals surface area contributed by atoms with Gasteiger partial charge in [0.1, 0.15) is 11.4 Å². The zero-order chi connectivity index (χ0) is 7.41. The zero-order valence-electron chi connectivity index (χ0n) is 6.44. The van der Waals surface area contributed by atoms with Crippen molar-refractivity contribution < 1.29 is 9.53 Å². The Hall–Kier alpha value is -0.370. The van der Waals surface area contributed by atoms with Gasteiger partial charge >= 0.3 is 0 Å². The fraction of sp³-hybridized carbons (Fsp3) is 0.875. The highest BCUT2D eigenvalue weighted by Crippen LogP contribution is 2.53. The molecule has 0 aromatic rings. The normalized spacial score (nSPS) is 42.8. The minimum atomic E-state index is -0.201. The topological polar surface area (TPSA) is 29.6 Å². The van der Waals surface area contributed by atoms with Gasteiger partial charge in [-0.1, -0.05) is 13.8 Å². The van der Waals surface area contributed by atoms with Crippen molar-refractivity contribution in [2.24, 2.45) is 5.41 Å². The predicted octanol–water partition coefficient (Wildman–Crippen LogP) is 1.14. The molecule has 56 valence electrons. The monoisotopic (exact) mass is 140 g/mol. The van der Waals surface area contributed by atoms with Crippen molar-refractivity contribution in [2.45, 2.75) is 32.3 Å². The van der Waals surface area contributed by atoms with Gasteiger partial charge in [-0.15, -0.1) is 0 Å². The van der Waals surface area contributed by atoms with Crippen LogP contribution in [0.5, 0.6) is 0 Å². The SMILES string of the molecule is CC1(C)C(=O)CCC12CO2. The second kappa shape index (κ2) is 1.45. The molecule has 1 spiro atoms. The maximum absolute atomic E-state index is 11.3. The highest BCUT2D eigenvalue weighted by atomic mass is 16.6. The molecule has 1 saturated carbocycles. The van der Waals surface area contributed by atoms with Crippen molar-refractivity contribution in [1.82, 2.24) is 0 Å². The first-order valence-corrected chi connectivity index (χ1v) is 3.76. The number of hydrogen-bond acceptors (Lipinski definition) is 2. The van der Waals surface area contributed by atoms with Crippen LogP contribution in [0.25, 0.3) is 0 Å². The number of hydrogen-bond donors (Lipinski definition) is 0. The van der Waals surface area contributed by atoms with Crippen molar-refractivity contribution in [2.75, 3.05) is 6.61 Å². The van der Waals surface area contributed by atoms with Gasteiger partial charge in [-0.05, 0) is 6.42 Å². The number of ketones is 1. The average Bonchev–Trinajstić information content (AvgIpc) is 2.59. The smallest absolute Gasteiger partial charge is 0.141 e. The summed E-state index contributed by atoms with van der Waals surface area (Å²) >= 11 is 0. The Bertz CT molecular complexity index is 189. The van der Waals surface area contributed by atoms with E-state index in [1.54, 1.807) is 0 Å². The Morgan fingerprint density at radius 2 is 2.10 bits per heavy atom. The number of ether oxygens (including phenoxy) is 1. The van der Waals surface area contributed by atoms with E-state index in [-0.39, 0.29) is 11.0 Å². The Balaban J connectivity index is 2.34. The van der Waals surface area contributed by atoms with Crippen LogP contribution >= 0.6 is 0 Å². The number of rotatable bonds is 0. The average molecular weight is 140 g/mol. The highest BCUT2D eigenvalue weighted by Gasteiger charge is 2.63. The van der Waals surface area contributed by atoms with Gasteiger partial charge < -0.3 is 4.74 Å². The van der Waals surface area contributed by atoms with Crippen LogP contribution in [-0.4, -0.2) is 18.0 Å². The summed E-state index contributed by atoms with van der Waals surface area (Å²) in [7, 11) is 0. The van der Waals surface area contributed by atoms with Crippen molar-refractivity contribution >= 4 is 5.78 Å². The van der Waals surface area contributed by atoms with E-state index in [9.17, 15) is 4.79 Å². The van der Waals surface area contributed by atoms with Gasteiger partial charge in [0.05, 0.1) is 12.0 Å². The molecule has 0 radical (unpaired) electrons. The van der Waals surface area contributed by atoms with E-state index in [4.69, 9.17) is 4.74 Å². The lowest BCUT2D eigenvalue weighted by molar-refractivity contribution is -0.125. The molecule has 2 rings (SSSR count). The summed E-state index contributed by atoms with van der Waals surface area (Å²) in [6.45, 7) is 4.79. The molecule has 1 aliphatic carbocycles. The van der Waals surface area contributed by atoms with E-state index in [1.165, 1.54) is 0 Å². The molecule has 1 heterocycles. The van der Waals surface area contributed by atoms with Crippen LogP contribution in [0.3, 0.4) is 0 Å². The number of carbonyl (C=O) groups is 1. The Labute approximate surface area is 60.6 Å². The lowest BCUT2D eigenvalue weighted by Gasteiger charge is -2.20. The second-order valence-corrected chi connectivity index (χ2v) is 3.83. The summed E-state index contributed by atoms with van der Waals surface area (Å²) in [6, 6.07) is 0. The third kappa shape index (κ3) is 0.511. The van der Waals surface area contributed by atoms with Crippen molar-refractivity contribution in [3.63, 3.8) is 0 Å². The van der Waals surface area contributed by atoms with E-state index in [2.05, 4.69) is 0 Å². The Kier molecular flexibility index (Phi) is 0.919. The van der Waals surface area contributed by atoms with Crippen LogP contribution in [0.15, 0.2) is 0 Å². The van der Waals surface area contributed by atoms with Crippen LogP contribution in [0.1, 0.15) is 26.7 Å². The molecule has 0 N–H and O–H groups in total. The molecule has 0 aromatic carbocycles. The Morgan fingerprint density at radius 1 is 1.50 bits per heavy atom. The van der Waals surface area contributed by atoms with E-state index < -0.39 is 0 Å². The van der Waals surface area contributed by atoms with E-state index in [1.807, 2.05) is 13.8 Å². The highest BCUT2D eigenvalue weighted by molar-refractivity contribution is 5.88. The van der Waals surface area contributed by atoms with Gasteiger partial charge in [-0.3, -0.25) is 4.79 Å². The van der Waals surface area contributed by atoms with Gasteiger partial charge in [0.25, 0.3) is 0 Å².